The SMILES string of the molecule is CC(C)C[C@H](NC(=O)CN)C(=O)N[C@@H](CC(C)C)C(=O)N[C@@H](CO)C(=O)N[C@@H](CO)C(=O)N[C@@H](CC(C)C)C(=O)N[C@@H](CO)C(=O)N[C@@H](CO)C(=O)N[C@H](C(=O)N[C@@H](C)C(=O)O)C(C)C. The lowest BCUT2D eigenvalue weighted by Gasteiger charge is -2.28. The summed E-state index contributed by atoms with van der Waals surface area (Å²) in [6.45, 7) is 10.3. The largest absolute Gasteiger partial charge is 0.480 e. The highest BCUT2D eigenvalue weighted by Crippen LogP contribution is 2.11. The van der Waals surface area contributed by atoms with Gasteiger partial charge in [-0.05, 0) is 49.9 Å². The summed E-state index contributed by atoms with van der Waals surface area (Å²) in [6.07, 6.45) is 0.199. The van der Waals surface area contributed by atoms with Crippen LogP contribution in [0.3, 0.4) is 0 Å². The lowest BCUT2D eigenvalue weighted by Crippen LogP contribution is -2.62. The number of carboxylic acids is 1. The van der Waals surface area contributed by atoms with Crippen molar-refractivity contribution >= 4 is 59.1 Å². The third-order valence-corrected chi connectivity index (χ3v) is 9.46. The van der Waals surface area contributed by atoms with Gasteiger partial charge in [-0.1, -0.05) is 55.4 Å². The highest BCUT2D eigenvalue weighted by molar-refractivity contribution is 5.98. The lowest BCUT2D eigenvalue weighted by molar-refractivity contribution is -0.142. The van der Waals surface area contributed by atoms with Crippen molar-refractivity contribution in [3.8, 4) is 0 Å². The molecule has 0 aromatic heterocycles. The van der Waals surface area contributed by atoms with Gasteiger partial charge >= 0.3 is 5.97 Å². The summed E-state index contributed by atoms with van der Waals surface area (Å²) in [5.41, 5.74) is 5.39. The van der Waals surface area contributed by atoms with Gasteiger partial charge in [0.1, 0.15) is 54.4 Å². The molecule has 0 aliphatic heterocycles. The number of nitrogens with two attached hydrogens (primary N) is 1. The molecule has 0 unspecified atom stereocenters. The van der Waals surface area contributed by atoms with Crippen molar-refractivity contribution in [2.24, 2.45) is 29.4 Å². The molecule has 0 fully saturated rings. The van der Waals surface area contributed by atoms with E-state index in [0.29, 0.717) is 0 Å². The molecule has 0 aromatic carbocycles. The van der Waals surface area contributed by atoms with Crippen molar-refractivity contribution < 1.29 is 73.5 Å². The van der Waals surface area contributed by atoms with Crippen molar-refractivity contribution in [1.82, 2.24) is 47.9 Å². The summed E-state index contributed by atoms with van der Waals surface area (Å²) in [5.74, 6) is -11.0. The first-order valence-corrected chi connectivity index (χ1v) is 21.3. The molecule has 372 valence electrons. The van der Waals surface area contributed by atoms with Gasteiger partial charge in [0, 0.05) is 0 Å². The zero-order valence-corrected chi connectivity index (χ0v) is 38.6. The highest BCUT2D eigenvalue weighted by atomic mass is 16.4. The Morgan fingerprint density at radius 3 is 0.892 bits per heavy atom. The second-order valence-corrected chi connectivity index (χ2v) is 17.1. The number of carboxylic acid groups (broad SMARTS) is 1. The average Bonchev–Trinajstić information content (AvgIpc) is 3.22. The van der Waals surface area contributed by atoms with Gasteiger partial charge in [-0.15, -0.1) is 0 Å². The van der Waals surface area contributed by atoms with E-state index in [1.807, 2.05) is 13.8 Å². The van der Waals surface area contributed by atoms with Crippen molar-refractivity contribution in [2.75, 3.05) is 33.0 Å². The van der Waals surface area contributed by atoms with Crippen LogP contribution in [0.15, 0.2) is 0 Å². The molecule has 0 saturated carbocycles. The van der Waals surface area contributed by atoms with Crippen molar-refractivity contribution in [1.29, 1.82) is 0 Å². The van der Waals surface area contributed by atoms with E-state index in [4.69, 9.17) is 10.8 Å². The fraction of sp³-hybridized carbons (Fsp3) is 0.750. The number of carbonyl (C=O) groups is 10. The minimum Gasteiger partial charge on any atom is -0.480 e. The Morgan fingerprint density at radius 2 is 0.646 bits per heavy atom. The number of rotatable bonds is 30. The van der Waals surface area contributed by atoms with Crippen LogP contribution < -0.4 is 53.6 Å². The van der Waals surface area contributed by atoms with Crippen LogP contribution >= 0.6 is 0 Å². The molecule has 65 heavy (non-hydrogen) atoms. The first-order chi connectivity index (χ1) is 30.3. The van der Waals surface area contributed by atoms with Crippen LogP contribution in [0.1, 0.15) is 81.6 Å². The summed E-state index contributed by atoms with van der Waals surface area (Å²) >= 11 is 0. The molecule has 0 saturated heterocycles. The van der Waals surface area contributed by atoms with E-state index >= 15 is 0 Å². The van der Waals surface area contributed by atoms with Crippen LogP contribution in [0.2, 0.25) is 0 Å². The van der Waals surface area contributed by atoms with E-state index in [1.54, 1.807) is 41.5 Å². The van der Waals surface area contributed by atoms with Crippen LogP contribution in [-0.4, -0.2) is 172 Å². The Kier molecular flexibility index (Phi) is 27.3. The summed E-state index contributed by atoms with van der Waals surface area (Å²) in [6, 6.07) is -13.3. The van der Waals surface area contributed by atoms with Crippen LogP contribution in [0, 0.1) is 23.7 Å². The normalized spacial score (nSPS) is 15.5. The van der Waals surface area contributed by atoms with Crippen LogP contribution in [0.25, 0.3) is 0 Å². The Hall–Kier alpha value is -5.50. The standard InChI is InChI=1S/C40H72N10O15/c1-18(2)10-23(43-30(55)13-41)32(56)44-24(11-19(3)4)33(57)46-27(15-52)36(60)48-26(14-51)35(59)45-25(12-20(5)6)34(58)47-28(16-53)37(61)49-29(17-54)38(62)50-31(21(7)8)39(63)42-22(9)40(64)65/h18-29,31,51-54H,10-17,41H2,1-9H3,(H,42,63)(H,43,55)(H,44,56)(H,45,59)(H,46,57)(H,47,58)(H,48,60)(H,49,61)(H,50,62)(H,64,65)/t22-,23-,24-,25-,26-,27-,28-,29-,31-/m0/s1. The minimum absolute atomic E-state index is 0.0424. The minimum atomic E-state index is -1.77. The van der Waals surface area contributed by atoms with Crippen LogP contribution in [0.5, 0.6) is 0 Å². The number of hydrogen-bond acceptors (Lipinski definition) is 15. The monoisotopic (exact) mass is 933 g/mol. The Bertz CT molecular complexity index is 1630. The Morgan fingerprint density at radius 1 is 0.385 bits per heavy atom. The highest BCUT2D eigenvalue weighted by Gasteiger charge is 2.35. The van der Waals surface area contributed by atoms with E-state index in [-0.39, 0.29) is 43.6 Å². The van der Waals surface area contributed by atoms with E-state index < -0.39 is 146 Å². The maximum Gasteiger partial charge on any atom is 0.325 e. The molecule has 0 aliphatic rings. The third kappa shape index (κ3) is 21.8. The number of amides is 9. The molecule has 0 heterocycles. The molecule has 0 spiro atoms. The molecule has 0 radical (unpaired) electrons. The van der Waals surface area contributed by atoms with Crippen LogP contribution in [0.4, 0.5) is 0 Å². The van der Waals surface area contributed by atoms with Gasteiger partial charge in [-0.2, -0.15) is 0 Å². The van der Waals surface area contributed by atoms with Gasteiger partial charge in [-0.25, -0.2) is 0 Å². The molecule has 9 atom stereocenters. The number of carbonyl (C=O) groups excluding carboxylic acids is 9. The van der Waals surface area contributed by atoms with Gasteiger partial charge in [0.05, 0.1) is 33.0 Å². The van der Waals surface area contributed by atoms with Gasteiger partial charge in [0.15, 0.2) is 0 Å². The number of aliphatic carboxylic acids is 1. The summed E-state index contributed by atoms with van der Waals surface area (Å²) in [7, 11) is 0. The van der Waals surface area contributed by atoms with Gasteiger partial charge in [-0.3, -0.25) is 47.9 Å². The predicted molar refractivity (Wildman–Crippen MR) is 231 cm³/mol. The van der Waals surface area contributed by atoms with E-state index in [9.17, 15) is 68.4 Å². The van der Waals surface area contributed by atoms with Crippen molar-refractivity contribution in [2.45, 2.75) is 136 Å². The molecule has 0 bridgehead atoms. The van der Waals surface area contributed by atoms with Gasteiger partial charge in [0.25, 0.3) is 0 Å². The third-order valence-electron chi connectivity index (χ3n) is 9.46. The molecule has 0 aromatic rings. The average molecular weight is 933 g/mol. The Balaban J connectivity index is 5.99. The van der Waals surface area contributed by atoms with Crippen LogP contribution in [-0.2, 0) is 47.9 Å². The maximum atomic E-state index is 13.5. The first kappa shape index (κ1) is 59.5. The quantitative estimate of drug-likeness (QED) is 0.0319. The van der Waals surface area contributed by atoms with E-state index in [2.05, 4.69) is 47.9 Å². The summed E-state index contributed by atoms with van der Waals surface area (Å²) in [5, 5.41) is 70.0. The van der Waals surface area contributed by atoms with Crippen molar-refractivity contribution in [3.63, 3.8) is 0 Å². The lowest BCUT2D eigenvalue weighted by atomic mass is 10.00. The topological polar surface area (TPSA) is 406 Å². The summed E-state index contributed by atoms with van der Waals surface area (Å²) < 4.78 is 0. The smallest absolute Gasteiger partial charge is 0.325 e. The maximum absolute atomic E-state index is 13.5. The zero-order valence-electron chi connectivity index (χ0n) is 38.6. The molecule has 0 rings (SSSR count). The number of nitrogens with one attached hydrogen (secondary N) is 9. The first-order valence-electron chi connectivity index (χ1n) is 21.3. The van der Waals surface area contributed by atoms with E-state index in [1.165, 1.54) is 6.92 Å². The van der Waals surface area contributed by atoms with Crippen molar-refractivity contribution in [3.05, 3.63) is 0 Å². The fourth-order valence-electron chi connectivity index (χ4n) is 5.93. The Labute approximate surface area is 378 Å². The molecular weight excluding hydrogens is 860 g/mol. The molecule has 16 N–H and O–H groups in total. The molecule has 9 amide bonds. The number of aliphatic hydroxyl groups is 4. The molecule has 0 aliphatic carbocycles. The molecular formula is C40H72N10O15. The fourth-order valence-corrected chi connectivity index (χ4v) is 5.93. The van der Waals surface area contributed by atoms with Gasteiger partial charge < -0.3 is 79.1 Å². The zero-order chi connectivity index (χ0) is 50.3. The second-order valence-electron chi connectivity index (χ2n) is 17.1. The second kappa shape index (κ2) is 29.8. The number of aliphatic hydroxyl groups excluding tert-OH is 4. The molecule has 25 heteroatoms. The van der Waals surface area contributed by atoms with Gasteiger partial charge in [0.2, 0.25) is 53.2 Å². The van der Waals surface area contributed by atoms with E-state index in [0.717, 1.165) is 0 Å². The molecule has 25 nitrogen and oxygen atoms in total. The summed E-state index contributed by atoms with van der Waals surface area (Å²) in [4.78, 5) is 129. The number of hydrogen-bond donors (Lipinski definition) is 15. The predicted octanol–water partition coefficient (Wildman–Crippen LogP) is -5.82.